The highest BCUT2D eigenvalue weighted by Gasteiger charge is 2.17. The number of carbonyl (C=O) groups excluding carboxylic acids is 2. The first-order valence-corrected chi connectivity index (χ1v) is 6.69. The maximum atomic E-state index is 11.7. The Hall–Kier alpha value is -1.21. The zero-order valence-corrected chi connectivity index (χ0v) is 11.2. The fourth-order valence-corrected chi connectivity index (χ4v) is 2.74. The van der Waals surface area contributed by atoms with E-state index in [0.29, 0.717) is 25.1 Å². The van der Waals surface area contributed by atoms with E-state index in [1.54, 1.807) is 11.3 Å². The molecule has 0 saturated carbocycles. The van der Waals surface area contributed by atoms with Gasteiger partial charge in [0.05, 0.1) is 6.54 Å². The molecule has 0 bridgehead atoms. The van der Waals surface area contributed by atoms with E-state index < -0.39 is 0 Å². The lowest BCUT2D eigenvalue weighted by Crippen LogP contribution is -2.36. The topological polar surface area (TPSA) is 70.6 Å². The number of rotatable bonds is 3. The van der Waals surface area contributed by atoms with Crippen LogP contribution in [0.15, 0.2) is 21.0 Å². The van der Waals surface area contributed by atoms with Gasteiger partial charge in [-0.25, -0.2) is 5.43 Å². The molecule has 0 spiro atoms. The third kappa shape index (κ3) is 3.37. The second kappa shape index (κ2) is 5.42. The molecule has 0 atom stereocenters. The Morgan fingerprint density at radius 3 is 3.00 bits per heavy atom. The summed E-state index contributed by atoms with van der Waals surface area (Å²) in [5.41, 5.74) is 2.67. The Balaban J connectivity index is 1.87. The molecule has 0 saturated heterocycles. The van der Waals surface area contributed by atoms with Gasteiger partial charge in [-0.3, -0.25) is 9.59 Å². The zero-order valence-electron chi connectivity index (χ0n) is 8.83. The van der Waals surface area contributed by atoms with Crippen molar-refractivity contribution < 1.29 is 9.59 Å². The lowest BCUT2D eigenvalue weighted by Gasteiger charge is -2.11. The highest BCUT2D eigenvalue weighted by Crippen LogP contribution is 2.19. The summed E-state index contributed by atoms with van der Waals surface area (Å²) in [4.78, 5) is 23.6. The van der Waals surface area contributed by atoms with E-state index in [2.05, 4.69) is 31.8 Å². The zero-order chi connectivity index (χ0) is 12.3. The summed E-state index contributed by atoms with van der Waals surface area (Å²) >= 11 is 4.92. The maximum Gasteiger partial charge on any atom is 0.267 e. The number of carbonyl (C=O) groups is 2. The quantitative estimate of drug-likeness (QED) is 0.885. The first kappa shape index (κ1) is 12.3. The van der Waals surface area contributed by atoms with Gasteiger partial charge in [0.1, 0.15) is 5.71 Å². The first-order chi connectivity index (χ1) is 8.15. The largest absolute Gasteiger partial charge is 0.346 e. The van der Waals surface area contributed by atoms with Crippen LogP contribution in [0.25, 0.3) is 0 Å². The van der Waals surface area contributed by atoms with Crippen LogP contribution in [0.1, 0.15) is 17.7 Å². The smallest absolute Gasteiger partial charge is 0.267 e. The summed E-state index contributed by atoms with van der Waals surface area (Å²) < 4.78 is 1.01. The molecule has 1 aliphatic heterocycles. The first-order valence-electron chi connectivity index (χ1n) is 5.01. The summed E-state index contributed by atoms with van der Waals surface area (Å²) in [5, 5.41) is 8.45. The Morgan fingerprint density at radius 2 is 2.41 bits per heavy atom. The average molecular weight is 316 g/mol. The van der Waals surface area contributed by atoms with Gasteiger partial charge in [0.15, 0.2) is 0 Å². The monoisotopic (exact) mass is 315 g/mol. The normalized spacial score (nSPS) is 15.1. The second-order valence-electron chi connectivity index (χ2n) is 3.51. The highest BCUT2D eigenvalue weighted by molar-refractivity contribution is 9.10. The Labute approximate surface area is 110 Å². The van der Waals surface area contributed by atoms with Gasteiger partial charge in [0, 0.05) is 27.6 Å². The SMILES string of the molecule is O=C1CCC(C(=O)NCc2cc(Br)cs2)=NN1. The fourth-order valence-electron chi connectivity index (χ4n) is 1.35. The van der Waals surface area contributed by atoms with Crippen LogP contribution in [0.3, 0.4) is 0 Å². The molecule has 2 heterocycles. The minimum atomic E-state index is -0.227. The molecule has 17 heavy (non-hydrogen) atoms. The molecule has 0 radical (unpaired) electrons. The predicted octanol–water partition coefficient (Wildman–Crippen LogP) is 1.39. The van der Waals surface area contributed by atoms with Crippen molar-refractivity contribution >= 4 is 44.8 Å². The molecule has 1 aliphatic rings. The van der Waals surface area contributed by atoms with Crippen molar-refractivity contribution in [2.75, 3.05) is 0 Å². The summed E-state index contributed by atoms with van der Waals surface area (Å²) in [7, 11) is 0. The average Bonchev–Trinajstić information content (AvgIpc) is 2.73. The van der Waals surface area contributed by atoms with Gasteiger partial charge in [0.2, 0.25) is 5.91 Å². The highest BCUT2D eigenvalue weighted by atomic mass is 79.9. The Morgan fingerprint density at radius 1 is 1.59 bits per heavy atom. The van der Waals surface area contributed by atoms with E-state index in [1.165, 1.54) is 0 Å². The van der Waals surface area contributed by atoms with Gasteiger partial charge in [-0.05, 0) is 22.0 Å². The molecule has 2 N–H and O–H groups in total. The number of nitrogens with one attached hydrogen (secondary N) is 2. The van der Waals surface area contributed by atoms with Gasteiger partial charge >= 0.3 is 0 Å². The molecule has 1 aromatic heterocycles. The third-order valence-electron chi connectivity index (χ3n) is 2.21. The van der Waals surface area contributed by atoms with Crippen molar-refractivity contribution in [2.45, 2.75) is 19.4 Å². The van der Waals surface area contributed by atoms with Crippen molar-refractivity contribution in [1.82, 2.24) is 10.7 Å². The molecule has 0 aromatic carbocycles. The van der Waals surface area contributed by atoms with Crippen LogP contribution in [-0.2, 0) is 16.1 Å². The molecule has 5 nitrogen and oxygen atoms in total. The Bertz CT molecular complexity index is 484. The van der Waals surface area contributed by atoms with Gasteiger partial charge in [0.25, 0.3) is 5.91 Å². The molecule has 2 amide bonds. The molecular formula is C10H10BrN3O2S. The van der Waals surface area contributed by atoms with Crippen LogP contribution in [0.4, 0.5) is 0 Å². The van der Waals surface area contributed by atoms with E-state index in [1.807, 2.05) is 11.4 Å². The summed E-state index contributed by atoms with van der Waals surface area (Å²) in [6.45, 7) is 0.474. The van der Waals surface area contributed by atoms with Crippen molar-refractivity contribution in [1.29, 1.82) is 0 Å². The van der Waals surface area contributed by atoms with Crippen LogP contribution in [0.2, 0.25) is 0 Å². The van der Waals surface area contributed by atoms with Crippen molar-refractivity contribution in [3.05, 3.63) is 20.8 Å². The van der Waals surface area contributed by atoms with E-state index in [4.69, 9.17) is 0 Å². The van der Waals surface area contributed by atoms with Crippen LogP contribution >= 0.6 is 27.3 Å². The van der Waals surface area contributed by atoms with Crippen LogP contribution < -0.4 is 10.7 Å². The summed E-state index contributed by atoms with van der Waals surface area (Å²) in [5.74, 6) is -0.377. The van der Waals surface area contributed by atoms with E-state index in [0.717, 1.165) is 9.35 Å². The second-order valence-corrected chi connectivity index (χ2v) is 5.42. The van der Waals surface area contributed by atoms with Crippen molar-refractivity contribution in [2.24, 2.45) is 5.10 Å². The lowest BCUT2D eigenvalue weighted by atomic mass is 10.1. The lowest BCUT2D eigenvalue weighted by molar-refractivity contribution is -0.121. The number of hydrogen-bond donors (Lipinski definition) is 2. The number of amides is 2. The molecule has 2 rings (SSSR count). The number of halogens is 1. The van der Waals surface area contributed by atoms with Crippen LogP contribution in [0, 0.1) is 0 Å². The van der Waals surface area contributed by atoms with Gasteiger partial charge < -0.3 is 5.32 Å². The molecule has 0 aliphatic carbocycles. The molecular weight excluding hydrogens is 306 g/mol. The predicted molar refractivity (Wildman–Crippen MR) is 68.7 cm³/mol. The number of nitrogens with zero attached hydrogens (tertiary/aromatic N) is 1. The standard InChI is InChI=1S/C10H10BrN3O2S/c11-6-3-7(17-5-6)4-12-10(16)8-1-2-9(15)14-13-8/h3,5H,1-2,4H2,(H,12,16)(H,14,15). The number of hydrogen-bond acceptors (Lipinski definition) is 4. The Kier molecular flexibility index (Phi) is 3.90. The van der Waals surface area contributed by atoms with Crippen molar-refractivity contribution in [3.8, 4) is 0 Å². The minimum absolute atomic E-state index is 0.149. The third-order valence-corrected chi connectivity index (χ3v) is 3.91. The maximum absolute atomic E-state index is 11.7. The summed E-state index contributed by atoms with van der Waals surface area (Å²) in [6, 6.07) is 1.95. The number of hydrazone groups is 1. The minimum Gasteiger partial charge on any atom is -0.346 e. The summed E-state index contributed by atoms with van der Waals surface area (Å²) in [6.07, 6.45) is 0.711. The van der Waals surface area contributed by atoms with Crippen LogP contribution in [0.5, 0.6) is 0 Å². The molecule has 0 unspecified atom stereocenters. The van der Waals surface area contributed by atoms with E-state index in [-0.39, 0.29) is 11.8 Å². The van der Waals surface area contributed by atoms with Gasteiger partial charge in [-0.2, -0.15) is 5.10 Å². The molecule has 7 heteroatoms. The fraction of sp³-hybridized carbons (Fsp3) is 0.300. The number of thiophene rings is 1. The van der Waals surface area contributed by atoms with E-state index in [9.17, 15) is 9.59 Å². The molecule has 90 valence electrons. The van der Waals surface area contributed by atoms with Gasteiger partial charge in [-0.15, -0.1) is 11.3 Å². The molecule has 1 aromatic rings. The van der Waals surface area contributed by atoms with Crippen molar-refractivity contribution in [3.63, 3.8) is 0 Å². The van der Waals surface area contributed by atoms with E-state index >= 15 is 0 Å². The molecule has 0 fully saturated rings. The van der Waals surface area contributed by atoms with Crippen LogP contribution in [-0.4, -0.2) is 17.5 Å². The van der Waals surface area contributed by atoms with Gasteiger partial charge in [-0.1, -0.05) is 0 Å².